The van der Waals surface area contributed by atoms with Crippen LogP contribution in [0.4, 0.5) is 0 Å². The summed E-state index contributed by atoms with van der Waals surface area (Å²) in [6, 6.07) is 0. The van der Waals surface area contributed by atoms with E-state index in [2.05, 4.69) is 19.1 Å². The third-order valence-corrected chi connectivity index (χ3v) is 3.91. The van der Waals surface area contributed by atoms with Crippen LogP contribution in [0.25, 0.3) is 0 Å². The Morgan fingerprint density at radius 1 is 1.29 bits per heavy atom. The van der Waals surface area contributed by atoms with E-state index in [9.17, 15) is 4.79 Å². The van der Waals surface area contributed by atoms with E-state index < -0.39 is 0 Å². The summed E-state index contributed by atoms with van der Waals surface area (Å²) in [7, 11) is 0. The maximum Gasteiger partial charge on any atom is 0.310 e. The zero-order chi connectivity index (χ0) is 12.0. The fraction of sp³-hybridized carbons (Fsp3) is 0.769. The lowest BCUT2D eigenvalue weighted by Crippen LogP contribution is -2.56. The smallest absolute Gasteiger partial charge is 0.310 e. The molecule has 2 heterocycles. The Labute approximate surface area is 101 Å². The molecule has 6 atom stereocenters. The normalized spacial score (nSPS) is 49.2. The van der Waals surface area contributed by atoms with Gasteiger partial charge in [0.15, 0.2) is 12.4 Å². The number of carbonyl (C=O) groups is 1. The minimum absolute atomic E-state index is 0.0369. The summed E-state index contributed by atoms with van der Waals surface area (Å²) in [5.41, 5.74) is 0. The molecule has 4 nitrogen and oxygen atoms in total. The van der Waals surface area contributed by atoms with E-state index in [0.29, 0.717) is 12.5 Å². The Morgan fingerprint density at radius 2 is 2.12 bits per heavy atom. The lowest BCUT2D eigenvalue weighted by molar-refractivity contribution is -0.276. The van der Waals surface area contributed by atoms with Gasteiger partial charge in [-0.05, 0) is 19.3 Å². The summed E-state index contributed by atoms with van der Waals surface area (Å²) in [5, 5.41) is 0. The molecule has 2 saturated heterocycles. The van der Waals surface area contributed by atoms with Gasteiger partial charge >= 0.3 is 5.97 Å². The van der Waals surface area contributed by atoms with Crippen LogP contribution in [0.1, 0.15) is 20.3 Å². The molecule has 17 heavy (non-hydrogen) atoms. The Hall–Kier alpha value is -0.870. The van der Waals surface area contributed by atoms with E-state index >= 15 is 0 Å². The van der Waals surface area contributed by atoms with Gasteiger partial charge in [0.05, 0.1) is 12.5 Å². The molecule has 3 rings (SSSR count). The van der Waals surface area contributed by atoms with Gasteiger partial charge in [-0.3, -0.25) is 4.79 Å². The summed E-state index contributed by atoms with van der Waals surface area (Å²) in [6.45, 7) is 4.46. The van der Waals surface area contributed by atoms with Gasteiger partial charge < -0.3 is 14.2 Å². The lowest BCUT2D eigenvalue weighted by atomic mass is 9.74. The van der Waals surface area contributed by atoms with Crippen LogP contribution in [0, 0.1) is 17.8 Å². The number of hydrogen-bond donors (Lipinski definition) is 0. The number of rotatable bonds is 0. The summed E-state index contributed by atoms with van der Waals surface area (Å²) in [5.74, 6) is 0.470. The van der Waals surface area contributed by atoms with E-state index in [1.54, 1.807) is 0 Å². The highest BCUT2D eigenvalue weighted by molar-refractivity contribution is 5.75. The molecule has 0 aromatic heterocycles. The highest BCUT2D eigenvalue weighted by Gasteiger charge is 2.49. The molecule has 0 aromatic carbocycles. The SMILES string of the molecule is C[C@@H]1OC[C@H]2OC(=O)[C@H]3C[C@H](C)C=C[C@H]3[C@@H]2O1. The van der Waals surface area contributed by atoms with Crippen LogP contribution in [0.3, 0.4) is 0 Å². The van der Waals surface area contributed by atoms with Crippen molar-refractivity contribution in [2.75, 3.05) is 6.61 Å². The summed E-state index contributed by atoms with van der Waals surface area (Å²) >= 11 is 0. The largest absolute Gasteiger partial charge is 0.457 e. The van der Waals surface area contributed by atoms with Gasteiger partial charge in [0.25, 0.3) is 0 Å². The zero-order valence-electron chi connectivity index (χ0n) is 10.2. The van der Waals surface area contributed by atoms with Crippen molar-refractivity contribution in [3.05, 3.63) is 12.2 Å². The van der Waals surface area contributed by atoms with Crippen molar-refractivity contribution < 1.29 is 19.0 Å². The summed E-state index contributed by atoms with van der Waals surface area (Å²) in [4.78, 5) is 11.9. The van der Waals surface area contributed by atoms with E-state index in [4.69, 9.17) is 14.2 Å². The predicted molar refractivity (Wildman–Crippen MR) is 60.1 cm³/mol. The lowest BCUT2D eigenvalue weighted by Gasteiger charge is -2.46. The first-order chi connectivity index (χ1) is 8.15. The van der Waals surface area contributed by atoms with Gasteiger partial charge in [0, 0.05) is 5.92 Å². The summed E-state index contributed by atoms with van der Waals surface area (Å²) in [6.07, 6.45) is 4.70. The first kappa shape index (κ1) is 11.2. The molecule has 0 amide bonds. The highest BCUT2D eigenvalue weighted by Crippen LogP contribution is 2.40. The van der Waals surface area contributed by atoms with Crippen molar-refractivity contribution in [2.45, 2.75) is 38.8 Å². The molecular formula is C13H18O4. The van der Waals surface area contributed by atoms with Crippen LogP contribution in [-0.2, 0) is 19.0 Å². The molecule has 0 N–H and O–H groups in total. The van der Waals surface area contributed by atoms with Gasteiger partial charge in [-0.2, -0.15) is 0 Å². The van der Waals surface area contributed by atoms with Crippen molar-refractivity contribution in [1.29, 1.82) is 0 Å². The molecule has 2 fully saturated rings. The first-order valence-corrected chi connectivity index (χ1v) is 6.31. The molecule has 0 bridgehead atoms. The van der Waals surface area contributed by atoms with Crippen molar-refractivity contribution in [3.63, 3.8) is 0 Å². The number of hydrogen-bond acceptors (Lipinski definition) is 4. The maximum atomic E-state index is 11.9. The Morgan fingerprint density at radius 3 is 2.94 bits per heavy atom. The minimum atomic E-state index is -0.238. The first-order valence-electron chi connectivity index (χ1n) is 6.31. The van der Waals surface area contributed by atoms with Crippen molar-refractivity contribution in [3.8, 4) is 0 Å². The van der Waals surface area contributed by atoms with Crippen LogP contribution < -0.4 is 0 Å². The average Bonchev–Trinajstić information content (AvgIpc) is 2.30. The Balaban J connectivity index is 1.86. The number of allylic oxidation sites excluding steroid dienone is 1. The van der Waals surface area contributed by atoms with Gasteiger partial charge in [0.1, 0.15) is 6.10 Å². The fourth-order valence-corrected chi connectivity index (χ4v) is 3.03. The van der Waals surface area contributed by atoms with Crippen molar-refractivity contribution in [2.24, 2.45) is 17.8 Å². The van der Waals surface area contributed by atoms with Crippen LogP contribution in [0.2, 0.25) is 0 Å². The van der Waals surface area contributed by atoms with Gasteiger partial charge in [0.2, 0.25) is 0 Å². The number of ether oxygens (including phenoxy) is 3. The molecule has 0 unspecified atom stereocenters. The predicted octanol–water partition coefficient (Wildman–Crippen LogP) is 1.50. The number of carbonyl (C=O) groups excluding carboxylic acids is 1. The molecule has 4 heteroatoms. The third-order valence-electron chi connectivity index (χ3n) is 3.91. The number of esters is 1. The molecule has 0 saturated carbocycles. The number of fused-ring (bicyclic) bond motifs is 3. The van der Waals surface area contributed by atoms with Crippen LogP contribution in [-0.4, -0.2) is 31.1 Å². The van der Waals surface area contributed by atoms with E-state index in [-0.39, 0.29) is 36.3 Å². The average molecular weight is 238 g/mol. The Bertz CT molecular complexity index is 351. The van der Waals surface area contributed by atoms with E-state index in [1.165, 1.54) is 0 Å². The second-order valence-corrected chi connectivity index (χ2v) is 5.26. The summed E-state index contributed by atoms with van der Waals surface area (Å²) < 4.78 is 16.6. The maximum absolute atomic E-state index is 11.9. The standard InChI is InChI=1S/C13H18O4/c1-7-3-4-9-10(5-7)13(14)17-11-6-15-8(2)16-12(9)11/h3-4,7-12H,5-6H2,1-2H3/t7-,8-,9-,10+,11-,12+/m1/s1. The van der Waals surface area contributed by atoms with Crippen LogP contribution in [0.15, 0.2) is 12.2 Å². The van der Waals surface area contributed by atoms with Crippen molar-refractivity contribution >= 4 is 5.97 Å². The van der Waals surface area contributed by atoms with Gasteiger partial charge in [-0.1, -0.05) is 19.1 Å². The van der Waals surface area contributed by atoms with Gasteiger partial charge in [-0.15, -0.1) is 0 Å². The molecule has 0 radical (unpaired) electrons. The van der Waals surface area contributed by atoms with Gasteiger partial charge in [-0.25, -0.2) is 0 Å². The topological polar surface area (TPSA) is 44.8 Å². The Kier molecular flexibility index (Phi) is 2.71. The van der Waals surface area contributed by atoms with Crippen LogP contribution >= 0.6 is 0 Å². The molecule has 1 aliphatic carbocycles. The van der Waals surface area contributed by atoms with Crippen LogP contribution in [0.5, 0.6) is 0 Å². The highest BCUT2D eigenvalue weighted by atomic mass is 16.7. The third kappa shape index (κ3) is 1.89. The fourth-order valence-electron chi connectivity index (χ4n) is 3.03. The zero-order valence-corrected chi connectivity index (χ0v) is 10.2. The van der Waals surface area contributed by atoms with E-state index in [1.807, 2.05) is 6.92 Å². The molecule has 94 valence electrons. The quantitative estimate of drug-likeness (QED) is 0.474. The second-order valence-electron chi connectivity index (χ2n) is 5.26. The molecule has 0 spiro atoms. The molecule has 3 aliphatic rings. The minimum Gasteiger partial charge on any atom is -0.457 e. The molecule has 0 aromatic rings. The van der Waals surface area contributed by atoms with Crippen molar-refractivity contribution in [1.82, 2.24) is 0 Å². The van der Waals surface area contributed by atoms with E-state index in [0.717, 1.165) is 6.42 Å². The molecule has 2 aliphatic heterocycles. The molecular weight excluding hydrogens is 220 g/mol. The second kappa shape index (κ2) is 4.10. The monoisotopic (exact) mass is 238 g/mol.